The monoisotopic (exact) mass is 651 g/mol. The minimum Gasteiger partial charge on any atom is -0.478 e. The van der Waals surface area contributed by atoms with E-state index in [1.54, 1.807) is 11.0 Å². The van der Waals surface area contributed by atoms with Crippen LogP contribution in [-0.4, -0.2) is 107 Å². The number of nitrogens with one attached hydrogen (secondary N) is 2. The third-order valence-corrected chi connectivity index (χ3v) is 9.47. The number of carboxylic acids is 2. The lowest BCUT2D eigenvalue weighted by Gasteiger charge is -2.49. The molecule has 0 bridgehead atoms. The molecule has 3 aliphatic rings. The van der Waals surface area contributed by atoms with Crippen molar-refractivity contribution in [3.63, 3.8) is 0 Å². The number of aliphatic imine (C=N–C) groups is 1. The predicted octanol–water partition coefficient (Wildman–Crippen LogP) is 0.291. The van der Waals surface area contributed by atoms with Crippen LogP contribution in [0.1, 0.15) is 26.0 Å². The first kappa shape index (κ1) is 32.0. The molecule has 2 amide bonds. The lowest BCUT2D eigenvalue weighted by molar-refractivity contribution is -0.161. The third-order valence-electron chi connectivity index (χ3n) is 6.38. The maximum absolute atomic E-state index is 13.2. The number of nitrogens with zero attached hydrogens (tertiary/aromatic N) is 5. The van der Waals surface area contributed by atoms with Crippen LogP contribution in [-0.2, 0) is 24.0 Å². The van der Waals surface area contributed by atoms with E-state index in [2.05, 4.69) is 27.0 Å². The molecule has 1 fully saturated rings. The molecule has 0 saturated carbocycles. The summed E-state index contributed by atoms with van der Waals surface area (Å²) >= 11 is 3.49. The fraction of sp³-hybridized carbons (Fsp3) is 0.417. The lowest BCUT2D eigenvalue weighted by atomic mass is 10.0. The number of thioether (sulfide) groups is 2. The zero-order valence-electron chi connectivity index (χ0n) is 23.0. The molecule has 4 rings (SSSR count). The smallest absolute Gasteiger partial charge is 0.352 e. The van der Waals surface area contributed by atoms with Crippen molar-refractivity contribution in [3.05, 3.63) is 35.0 Å². The average molecular weight is 652 g/mol. The molecule has 1 aromatic heterocycles. The Morgan fingerprint density at radius 3 is 2.72 bits per heavy atom. The molecular weight excluding hydrogens is 623 g/mol. The van der Waals surface area contributed by atoms with Crippen LogP contribution in [0.25, 0.3) is 0 Å². The molecule has 0 aliphatic carbocycles. The summed E-state index contributed by atoms with van der Waals surface area (Å²) < 4.78 is 0. The number of carbonyl (C=O) groups excluding carboxylic acids is 2. The zero-order valence-corrected chi connectivity index (χ0v) is 25.4. The Morgan fingerprint density at radius 1 is 1.40 bits per heavy atom. The quantitative estimate of drug-likeness (QED) is 0.0816. The fourth-order valence-corrected chi connectivity index (χ4v) is 7.21. The van der Waals surface area contributed by atoms with E-state index in [0.29, 0.717) is 17.3 Å². The number of anilines is 1. The highest BCUT2D eigenvalue weighted by molar-refractivity contribution is 8.14. The van der Waals surface area contributed by atoms with Crippen LogP contribution in [0.3, 0.4) is 0 Å². The van der Waals surface area contributed by atoms with Gasteiger partial charge in [0.2, 0.25) is 5.60 Å². The largest absolute Gasteiger partial charge is 0.478 e. The Balaban J connectivity index is 1.52. The molecule has 8 N–H and O–H groups in total. The molecule has 19 heteroatoms. The summed E-state index contributed by atoms with van der Waals surface area (Å²) in [7, 11) is 0. The highest BCUT2D eigenvalue weighted by Gasteiger charge is 2.54. The molecule has 230 valence electrons. The van der Waals surface area contributed by atoms with Gasteiger partial charge in [-0.1, -0.05) is 23.0 Å². The van der Waals surface area contributed by atoms with Crippen LogP contribution in [0.15, 0.2) is 39.5 Å². The summed E-state index contributed by atoms with van der Waals surface area (Å²) in [6, 6.07) is -1.10. The zero-order chi connectivity index (χ0) is 31.6. The van der Waals surface area contributed by atoms with E-state index in [1.807, 2.05) is 0 Å². The summed E-state index contributed by atoms with van der Waals surface area (Å²) in [5.41, 5.74) is 9.96. The Hall–Kier alpha value is -3.94. The first-order valence-electron chi connectivity index (χ1n) is 12.6. The van der Waals surface area contributed by atoms with Crippen molar-refractivity contribution < 1.29 is 34.2 Å². The van der Waals surface area contributed by atoms with Crippen molar-refractivity contribution in [1.82, 2.24) is 20.1 Å². The maximum atomic E-state index is 13.2. The molecule has 1 saturated heterocycles. The number of thiazole rings is 1. The first-order chi connectivity index (χ1) is 20.2. The molecule has 16 nitrogen and oxygen atoms in total. The average Bonchev–Trinajstić information content (AvgIpc) is 3.36. The number of oxime groups is 1. The molecule has 3 atom stereocenters. The van der Waals surface area contributed by atoms with Gasteiger partial charge >= 0.3 is 11.9 Å². The van der Waals surface area contributed by atoms with Crippen LogP contribution in [0.5, 0.6) is 0 Å². The van der Waals surface area contributed by atoms with E-state index in [1.165, 1.54) is 42.8 Å². The van der Waals surface area contributed by atoms with Crippen molar-refractivity contribution in [2.24, 2.45) is 15.9 Å². The molecule has 0 aromatic carbocycles. The van der Waals surface area contributed by atoms with E-state index in [0.717, 1.165) is 16.2 Å². The van der Waals surface area contributed by atoms with Gasteiger partial charge in [-0.2, -0.15) is 0 Å². The number of carboxylic acid groups (broad SMARTS) is 2. The van der Waals surface area contributed by atoms with Gasteiger partial charge in [0.15, 0.2) is 16.0 Å². The minimum absolute atomic E-state index is 0.00970. The number of amidine groups is 2. The van der Waals surface area contributed by atoms with Gasteiger partial charge in [0.25, 0.3) is 11.8 Å². The van der Waals surface area contributed by atoms with E-state index in [4.69, 9.17) is 21.7 Å². The van der Waals surface area contributed by atoms with Gasteiger partial charge in [-0.05, 0) is 19.4 Å². The molecule has 1 aromatic rings. The molecule has 0 radical (unpaired) electrons. The Labute approximate surface area is 257 Å². The number of carbonyl (C=O) groups is 4. The molecule has 0 spiro atoms. The number of amides is 2. The van der Waals surface area contributed by atoms with Gasteiger partial charge < -0.3 is 36.7 Å². The number of β-lactam (4-membered cyclic amide) rings is 1. The van der Waals surface area contributed by atoms with Crippen molar-refractivity contribution in [2.45, 2.75) is 43.5 Å². The molecule has 2 unspecified atom stereocenters. The van der Waals surface area contributed by atoms with Crippen LogP contribution in [0, 0.1) is 5.41 Å². The Bertz CT molecular complexity index is 1470. The highest BCUT2D eigenvalue weighted by atomic mass is 32.2. The predicted molar refractivity (Wildman–Crippen MR) is 163 cm³/mol. The number of hydrogen-bond donors (Lipinski definition) is 6. The van der Waals surface area contributed by atoms with Gasteiger partial charge in [-0.15, -0.1) is 29.7 Å². The standard InChI is InChI=1S/C24H29N9O7S3/c1-4-5-32-13(26)6-12(25)29-23(32)43-8-10-7-41-19-15(18(35)33(19)16(10)20(36)37)30-17(34)14(11-9-42-22(27)28-11)31-40-24(2,3)21(38)39/h4,9,13,15,19,25H,1,5-8,26H2,2-3H3,(H2,27,28)(H,30,34)(H,36,37)(H,38,39)/t13?,15?,19-/m0/s1. The Kier molecular flexibility index (Phi) is 9.47. The first-order valence-corrected chi connectivity index (χ1v) is 15.5. The molecular formula is C24H29N9O7S3. The summed E-state index contributed by atoms with van der Waals surface area (Å²) in [6.45, 7) is 6.59. The molecule has 43 heavy (non-hydrogen) atoms. The second-order valence-electron chi connectivity index (χ2n) is 9.88. The third kappa shape index (κ3) is 6.68. The topological polar surface area (TPSA) is 250 Å². The van der Waals surface area contributed by atoms with E-state index < -0.39 is 52.6 Å². The van der Waals surface area contributed by atoms with E-state index in [9.17, 15) is 29.4 Å². The van der Waals surface area contributed by atoms with Gasteiger partial charge in [0.1, 0.15) is 28.6 Å². The van der Waals surface area contributed by atoms with Crippen LogP contribution in [0.2, 0.25) is 0 Å². The number of nitrogens with two attached hydrogens (primary N) is 2. The van der Waals surface area contributed by atoms with Crippen molar-refractivity contribution in [2.75, 3.05) is 23.8 Å². The minimum atomic E-state index is -1.78. The van der Waals surface area contributed by atoms with Crippen molar-refractivity contribution in [1.29, 1.82) is 5.41 Å². The summed E-state index contributed by atoms with van der Waals surface area (Å²) in [4.78, 5) is 66.5. The van der Waals surface area contributed by atoms with Crippen LogP contribution in [0.4, 0.5) is 5.13 Å². The Morgan fingerprint density at radius 2 is 2.12 bits per heavy atom. The number of aliphatic carboxylic acids is 2. The van der Waals surface area contributed by atoms with Crippen molar-refractivity contribution >= 4 is 80.5 Å². The van der Waals surface area contributed by atoms with E-state index >= 15 is 0 Å². The number of fused-ring (bicyclic) bond motifs is 1. The SMILES string of the molecule is C=CCN1C(SCC2=C(C(=O)O)N3C(=O)C(NC(=O)C(=NOC(C)(C)C(=O)O)c4csc(N)n4)[C@@H]3SC2)=NC(=N)CC1N. The van der Waals surface area contributed by atoms with Crippen LogP contribution < -0.4 is 16.8 Å². The number of aromatic nitrogens is 1. The normalized spacial score (nSPS) is 22.4. The molecule has 4 heterocycles. The van der Waals surface area contributed by atoms with Crippen molar-refractivity contribution in [3.8, 4) is 0 Å². The second-order valence-corrected chi connectivity index (χ2v) is 12.8. The summed E-state index contributed by atoms with van der Waals surface area (Å²) in [5, 5.41) is 34.9. The molecule has 3 aliphatic heterocycles. The van der Waals surface area contributed by atoms with Gasteiger partial charge in [0.05, 0.1) is 6.17 Å². The number of hydrogen-bond acceptors (Lipinski definition) is 14. The maximum Gasteiger partial charge on any atom is 0.352 e. The number of nitrogen functional groups attached to an aromatic ring is 1. The van der Waals surface area contributed by atoms with E-state index in [-0.39, 0.29) is 40.3 Å². The second kappa shape index (κ2) is 12.7. The summed E-state index contributed by atoms with van der Waals surface area (Å²) in [5.74, 6) is -3.64. The summed E-state index contributed by atoms with van der Waals surface area (Å²) in [6.07, 6.45) is 1.44. The van der Waals surface area contributed by atoms with Gasteiger partial charge in [-0.3, -0.25) is 19.9 Å². The fourth-order valence-electron chi connectivity index (χ4n) is 4.10. The lowest BCUT2D eigenvalue weighted by Crippen LogP contribution is -2.71. The van der Waals surface area contributed by atoms with Gasteiger partial charge in [0, 0.05) is 29.9 Å². The number of rotatable bonds is 11. The van der Waals surface area contributed by atoms with Crippen LogP contribution >= 0.6 is 34.9 Å². The van der Waals surface area contributed by atoms with Gasteiger partial charge in [-0.25, -0.2) is 19.6 Å². The highest BCUT2D eigenvalue weighted by Crippen LogP contribution is 2.41.